The van der Waals surface area contributed by atoms with Gasteiger partial charge in [0.15, 0.2) is 16.2 Å². The van der Waals surface area contributed by atoms with Gasteiger partial charge >= 0.3 is 0 Å². The Morgan fingerprint density at radius 2 is 1.89 bits per heavy atom. The largest absolute Gasteiger partial charge is 0.428 e. The summed E-state index contributed by atoms with van der Waals surface area (Å²) < 4.78 is 31.9. The molecule has 0 saturated carbocycles. The third kappa shape index (κ3) is 3.64. The van der Waals surface area contributed by atoms with E-state index in [-0.39, 0.29) is 6.04 Å². The van der Waals surface area contributed by atoms with Gasteiger partial charge < -0.3 is 9.32 Å². The molecule has 1 saturated heterocycles. The van der Waals surface area contributed by atoms with Crippen molar-refractivity contribution in [3.05, 3.63) is 76.7 Å². The van der Waals surface area contributed by atoms with E-state index in [0.29, 0.717) is 40.2 Å². The van der Waals surface area contributed by atoms with Crippen LogP contribution >= 0.6 is 23.2 Å². The highest BCUT2D eigenvalue weighted by Gasteiger charge is 2.38. The predicted molar refractivity (Wildman–Crippen MR) is 110 cm³/mol. The number of rotatable bonds is 4. The lowest BCUT2D eigenvalue weighted by Crippen LogP contribution is -2.41. The highest BCUT2D eigenvalue weighted by molar-refractivity contribution is 7.92. The number of hydrogen-bond donors (Lipinski definition) is 0. The summed E-state index contributed by atoms with van der Waals surface area (Å²) in [6.07, 6.45) is 3.87. The van der Waals surface area contributed by atoms with Gasteiger partial charge in [0.25, 0.3) is 0 Å². The smallest absolute Gasteiger partial charge is 0.216 e. The summed E-state index contributed by atoms with van der Waals surface area (Å²) >= 11 is 12.5. The fourth-order valence-electron chi connectivity index (χ4n) is 3.70. The molecule has 0 aliphatic carbocycles. The van der Waals surface area contributed by atoms with Gasteiger partial charge in [-0.1, -0.05) is 47.5 Å². The number of benzene rings is 2. The molecular weight excluding hydrogens is 419 g/mol. The van der Waals surface area contributed by atoms with Gasteiger partial charge in [-0.25, -0.2) is 13.4 Å². The summed E-state index contributed by atoms with van der Waals surface area (Å²) in [4.78, 5) is 6.35. The first-order chi connectivity index (χ1) is 13.5. The first-order valence-corrected chi connectivity index (χ1v) is 11.2. The number of piperidine rings is 1. The Bertz CT molecular complexity index is 1060. The van der Waals surface area contributed by atoms with E-state index in [4.69, 9.17) is 27.6 Å². The van der Waals surface area contributed by atoms with E-state index in [0.717, 1.165) is 5.56 Å². The first-order valence-electron chi connectivity index (χ1n) is 8.86. The van der Waals surface area contributed by atoms with Gasteiger partial charge in [-0.2, -0.15) is 0 Å². The Labute approximate surface area is 173 Å². The maximum absolute atomic E-state index is 13.2. The Hall–Kier alpha value is -2.02. The van der Waals surface area contributed by atoms with Crippen LogP contribution in [0.15, 0.2) is 70.4 Å². The molecule has 2 heterocycles. The SMILES string of the molecule is O=S(=O)(c1ccccc1)C1CCN(c2cnco2)C(c2ccc(Cl)cc2Cl)C1. The molecule has 1 aliphatic rings. The molecule has 28 heavy (non-hydrogen) atoms. The molecule has 4 rings (SSSR count). The fourth-order valence-corrected chi connectivity index (χ4v) is 6.01. The minimum atomic E-state index is -3.46. The number of anilines is 1. The first kappa shape index (κ1) is 19.3. The number of nitrogens with zero attached hydrogens (tertiary/aromatic N) is 2. The monoisotopic (exact) mass is 436 g/mol. The van der Waals surface area contributed by atoms with Gasteiger partial charge in [-0.15, -0.1) is 0 Å². The maximum Gasteiger partial charge on any atom is 0.216 e. The number of sulfone groups is 1. The topological polar surface area (TPSA) is 63.4 Å². The van der Waals surface area contributed by atoms with Gasteiger partial charge in [0, 0.05) is 16.6 Å². The van der Waals surface area contributed by atoms with Crippen LogP contribution in [0.1, 0.15) is 24.4 Å². The zero-order valence-electron chi connectivity index (χ0n) is 14.8. The molecule has 0 spiro atoms. The summed E-state index contributed by atoms with van der Waals surface area (Å²) in [5.41, 5.74) is 0.815. The van der Waals surface area contributed by atoms with Crippen LogP contribution in [0.2, 0.25) is 10.0 Å². The van der Waals surface area contributed by atoms with Crippen molar-refractivity contribution in [2.45, 2.75) is 29.0 Å². The van der Waals surface area contributed by atoms with Crippen molar-refractivity contribution in [2.24, 2.45) is 0 Å². The zero-order valence-corrected chi connectivity index (χ0v) is 17.2. The van der Waals surface area contributed by atoms with E-state index in [2.05, 4.69) is 4.98 Å². The van der Waals surface area contributed by atoms with Crippen molar-refractivity contribution in [3.63, 3.8) is 0 Å². The summed E-state index contributed by atoms with van der Waals surface area (Å²) in [5.74, 6) is 0.589. The van der Waals surface area contributed by atoms with Crippen LogP contribution < -0.4 is 4.90 Å². The van der Waals surface area contributed by atoms with E-state index >= 15 is 0 Å². The lowest BCUT2D eigenvalue weighted by molar-refractivity contribution is 0.425. The third-order valence-electron chi connectivity index (χ3n) is 5.09. The molecule has 1 aliphatic heterocycles. The highest BCUT2D eigenvalue weighted by Crippen LogP contribution is 2.41. The van der Waals surface area contributed by atoms with Crippen LogP contribution in [0, 0.1) is 0 Å². The van der Waals surface area contributed by atoms with Crippen LogP contribution in [-0.4, -0.2) is 25.2 Å². The number of halogens is 2. The highest BCUT2D eigenvalue weighted by atomic mass is 35.5. The second kappa shape index (κ2) is 7.78. The van der Waals surface area contributed by atoms with Gasteiger partial charge in [-0.05, 0) is 42.7 Å². The van der Waals surface area contributed by atoms with Crippen molar-refractivity contribution < 1.29 is 12.8 Å². The van der Waals surface area contributed by atoms with E-state index in [1.807, 2.05) is 17.0 Å². The average Bonchev–Trinajstić information content (AvgIpc) is 3.23. The van der Waals surface area contributed by atoms with E-state index in [1.165, 1.54) is 6.39 Å². The maximum atomic E-state index is 13.2. The average molecular weight is 437 g/mol. The summed E-state index contributed by atoms with van der Waals surface area (Å²) in [7, 11) is -3.46. The standard InChI is InChI=1S/C20H18Cl2N2O3S/c21-14-6-7-17(18(22)10-14)19-11-16(8-9-24(19)20-12-23-13-27-20)28(25,26)15-4-2-1-3-5-15/h1-7,10,12-13,16,19H,8-9,11H2. The van der Waals surface area contributed by atoms with E-state index < -0.39 is 15.1 Å². The molecule has 5 nitrogen and oxygen atoms in total. The third-order valence-corrected chi connectivity index (χ3v) is 7.89. The molecule has 1 fully saturated rings. The molecule has 8 heteroatoms. The minimum absolute atomic E-state index is 0.269. The fraction of sp³-hybridized carbons (Fsp3) is 0.250. The molecule has 2 aromatic carbocycles. The molecule has 0 radical (unpaired) electrons. The van der Waals surface area contributed by atoms with E-state index in [9.17, 15) is 8.42 Å². The summed E-state index contributed by atoms with van der Waals surface area (Å²) in [6.45, 7) is 0.509. The van der Waals surface area contributed by atoms with Gasteiger partial charge in [0.05, 0.1) is 22.4 Å². The van der Waals surface area contributed by atoms with Gasteiger partial charge in [0.1, 0.15) is 0 Å². The number of aromatic nitrogens is 1. The Kier molecular flexibility index (Phi) is 5.36. The Morgan fingerprint density at radius 1 is 1.11 bits per heavy atom. The number of hydrogen-bond acceptors (Lipinski definition) is 5. The second-order valence-electron chi connectivity index (χ2n) is 6.72. The summed E-state index contributed by atoms with van der Waals surface area (Å²) in [5, 5.41) is 0.509. The number of oxazole rings is 1. The normalized spacial score (nSPS) is 20.3. The molecule has 2 atom stereocenters. The lowest BCUT2D eigenvalue weighted by atomic mass is 9.95. The Morgan fingerprint density at radius 3 is 2.57 bits per heavy atom. The van der Waals surface area contributed by atoms with Crippen molar-refractivity contribution in [2.75, 3.05) is 11.4 Å². The van der Waals surface area contributed by atoms with Crippen LogP contribution in [-0.2, 0) is 9.84 Å². The minimum Gasteiger partial charge on any atom is -0.428 e. The summed E-state index contributed by atoms with van der Waals surface area (Å²) in [6, 6.07) is 13.6. The molecular formula is C20H18Cl2N2O3S. The second-order valence-corrected chi connectivity index (χ2v) is 9.79. The van der Waals surface area contributed by atoms with Crippen LogP contribution in [0.25, 0.3) is 0 Å². The molecule has 1 aromatic heterocycles. The van der Waals surface area contributed by atoms with Crippen LogP contribution in [0.5, 0.6) is 0 Å². The van der Waals surface area contributed by atoms with E-state index in [1.54, 1.807) is 42.6 Å². The van der Waals surface area contributed by atoms with Gasteiger partial charge in [0.2, 0.25) is 5.88 Å². The van der Waals surface area contributed by atoms with Crippen molar-refractivity contribution in [1.29, 1.82) is 0 Å². The molecule has 0 N–H and O–H groups in total. The van der Waals surface area contributed by atoms with Crippen LogP contribution in [0.4, 0.5) is 5.88 Å². The molecule has 146 valence electrons. The van der Waals surface area contributed by atoms with Crippen LogP contribution in [0.3, 0.4) is 0 Å². The molecule has 0 bridgehead atoms. The predicted octanol–water partition coefficient (Wildman–Crippen LogP) is 5.17. The van der Waals surface area contributed by atoms with Crippen molar-refractivity contribution in [1.82, 2.24) is 4.98 Å². The Balaban J connectivity index is 1.72. The quantitative estimate of drug-likeness (QED) is 0.564. The van der Waals surface area contributed by atoms with Crippen molar-refractivity contribution >= 4 is 38.9 Å². The van der Waals surface area contributed by atoms with Crippen molar-refractivity contribution in [3.8, 4) is 0 Å². The zero-order chi connectivity index (χ0) is 19.7. The molecule has 0 amide bonds. The molecule has 2 unspecified atom stereocenters. The molecule has 3 aromatic rings. The lowest BCUT2D eigenvalue weighted by Gasteiger charge is -2.39. The van der Waals surface area contributed by atoms with Gasteiger partial charge in [-0.3, -0.25) is 0 Å².